The third kappa shape index (κ3) is 6.07. The predicted octanol–water partition coefficient (Wildman–Crippen LogP) is 14.0. The van der Waals surface area contributed by atoms with Crippen LogP contribution in [0, 0.1) is 0 Å². The van der Waals surface area contributed by atoms with E-state index in [9.17, 15) is 0 Å². The van der Waals surface area contributed by atoms with E-state index in [4.69, 9.17) is 0 Å². The second-order valence-electron chi connectivity index (χ2n) is 18.5. The van der Waals surface area contributed by atoms with E-state index in [-0.39, 0.29) is 0 Å². The predicted molar refractivity (Wildman–Crippen MR) is 298 cm³/mol. The van der Waals surface area contributed by atoms with Crippen molar-refractivity contribution in [2.24, 2.45) is 0 Å². The highest BCUT2D eigenvalue weighted by atomic mass is 28.3. The zero-order valence-corrected chi connectivity index (χ0v) is 39.3. The Morgan fingerprint density at radius 2 is 0.614 bits per heavy atom. The topological polar surface area (TPSA) is 14.8 Å². The highest BCUT2D eigenvalue weighted by molar-refractivity contribution is 7.20. The summed E-state index contributed by atoms with van der Waals surface area (Å²) < 4.78 is 7.40. The quantitative estimate of drug-likeness (QED) is 0.101. The summed E-state index contributed by atoms with van der Waals surface area (Å²) in [6.07, 6.45) is 0. The summed E-state index contributed by atoms with van der Waals surface area (Å²) in [6, 6.07) is 102. The molecule has 0 unspecified atom stereocenters. The SMILES string of the molecule is c1ccc(-c2cc(-c3ccccc3)cc([Si](c3ccccc3)(c3ccccc3)c3cccc(-n4c5ccccc5c5ccc(-n6c7cccc8c7c7c(cccc76)n8-c6ccccc6)cc54)c3)c2)cc1. The van der Waals surface area contributed by atoms with Crippen LogP contribution in [0.2, 0.25) is 0 Å². The van der Waals surface area contributed by atoms with E-state index in [2.05, 4.69) is 287 Å². The van der Waals surface area contributed by atoms with Gasteiger partial charge >= 0.3 is 0 Å². The standard InChI is InChI=1S/C66H45N3Si/c1-6-21-46(22-7-1)48-41-49(47-23-8-2-9-24-47)43-56(42-48)70(53-28-12-4-13-29-53,54-30-14-5-15-31-54)55-32-18-27-51(44-55)68-59-34-17-16-33-57(59)58-40-39-52(45-64(58)68)69-62-37-19-35-60-65(62)66-61(36-20-38-63(66)69)67(60)50-25-10-3-11-26-50/h1-45H. The number of hydrogen-bond acceptors (Lipinski definition) is 0. The fourth-order valence-electron chi connectivity index (χ4n) is 11.8. The average Bonchev–Trinajstić information content (AvgIpc) is 4.09. The lowest BCUT2D eigenvalue weighted by Gasteiger charge is -2.35. The van der Waals surface area contributed by atoms with Crippen molar-refractivity contribution in [3.63, 3.8) is 0 Å². The fraction of sp³-hybridized carbons (Fsp3) is 0. The molecule has 0 N–H and O–H groups in total. The van der Waals surface area contributed by atoms with Gasteiger partial charge in [-0.2, -0.15) is 0 Å². The number of hydrogen-bond donors (Lipinski definition) is 0. The Bertz CT molecular complexity index is 4050. The molecule has 0 amide bonds. The fourth-order valence-corrected chi connectivity index (χ4v) is 16.6. The van der Waals surface area contributed by atoms with Gasteiger partial charge in [0.05, 0.1) is 33.1 Å². The molecule has 0 aliphatic heterocycles. The summed E-state index contributed by atoms with van der Waals surface area (Å²) in [5.74, 6) is 0. The molecule has 0 spiro atoms. The van der Waals surface area contributed by atoms with E-state index in [1.165, 1.54) is 103 Å². The van der Waals surface area contributed by atoms with Crippen molar-refractivity contribution in [2.75, 3.05) is 0 Å². The maximum absolute atomic E-state index is 3.07. The summed E-state index contributed by atoms with van der Waals surface area (Å²) in [5.41, 5.74) is 15.5. The molecule has 3 aromatic heterocycles. The van der Waals surface area contributed by atoms with E-state index in [0.29, 0.717) is 0 Å². The van der Waals surface area contributed by atoms with Crippen LogP contribution in [-0.4, -0.2) is 21.8 Å². The first-order valence-electron chi connectivity index (χ1n) is 24.2. The Labute approximate surface area is 407 Å². The van der Waals surface area contributed by atoms with Crippen molar-refractivity contribution in [3.05, 3.63) is 273 Å². The largest absolute Gasteiger partial charge is 0.309 e. The Hall–Kier alpha value is -8.96. The van der Waals surface area contributed by atoms with Crippen molar-refractivity contribution in [2.45, 2.75) is 0 Å². The molecule has 14 rings (SSSR count). The van der Waals surface area contributed by atoms with Crippen molar-refractivity contribution in [3.8, 4) is 39.3 Å². The molecule has 0 radical (unpaired) electrons. The molecule has 3 nitrogen and oxygen atoms in total. The first-order chi connectivity index (χ1) is 34.7. The Balaban J connectivity index is 1.03. The lowest BCUT2D eigenvalue weighted by atomic mass is 9.99. The third-order valence-electron chi connectivity index (χ3n) is 14.7. The van der Waals surface area contributed by atoms with Crippen LogP contribution in [0.5, 0.6) is 0 Å². The second-order valence-corrected chi connectivity index (χ2v) is 22.3. The van der Waals surface area contributed by atoms with Gasteiger partial charge < -0.3 is 13.7 Å². The van der Waals surface area contributed by atoms with E-state index in [1.807, 2.05) is 0 Å². The Morgan fingerprint density at radius 1 is 0.214 bits per heavy atom. The van der Waals surface area contributed by atoms with Gasteiger partial charge in [-0.15, -0.1) is 0 Å². The van der Waals surface area contributed by atoms with Crippen LogP contribution in [0.3, 0.4) is 0 Å². The smallest absolute Gasteiger partial charge is 0.179 e. The average molecular weight is 908 g/mol. The molecule has 3 heterocycles. The number of rotatable bonds is 9. The molecule has 0 atom stereocenters. The minimum atomic E-state index is -3.07. The van der Waals surface area contributed by atoms with Crippen LogP contribution < -0.4 is 20.7 Å². The van der Waals surface area contributed by atoms with Crippen LogP contribution in [0.4, 0.5) is 0 Å². The van der Waals surface area contributed by atoms with Gasteiger partial charge in [0, 0.05) is 38.6 Å². The van der Waals surface area contributed by atoms with Crippen LogP contribution in [0.1, 0.15) is 0 Å². The number of fused-ring (bicyclic) bond motifs is 3. The summed E-state index contributed by atoms with van der Waals surface area (Å²) in [6.45, 7) is 0. The number of nitrogens with zero attached hydrogens (tertiary/aromatic N) is 3. The molecule has 0 fully saturated rings. The van der Waals surface area contributed by atoms with E-state index in [0.717, 1.165) is 11.4 Å². The maximum atomic E-state index is 2.51. The molecule has 11 aromatic carbocycles. The third-order valence-corrected chi connectivity index (χ3v) is 19.4. The molecule has 0 aliphatic rings. The van der Waals surface area contributed by atoms with Crippen LogP contribution in [0.25, 0.3) is 94.0 Å². The highest BCUT2D eigenvalue weighted by Gasteiger charge is 2.42. The zero-order valence-electron chi connectivity index (χ0n) is 38.3. The number of benzene rings is 11. The molecule has 4 heteroatoms. The minimum absolute atomic E-state index is 1.14. The first kappa shape index (κ1) is 40.1. The van der Waals surface area contributed by atoms with Gasteiger partial charge in [0.2, 0.25) is 0 Å². The summed E-state index contributed by atoms with van der Waals surface area (Å²) >= 11 is 0. The number of aromatic nitrogens is 3. The lowest BCUT2D eigenvalue weighted by Crippen LogP contribution is -2.74. The summed E-state index contributed by atoms with van der Waals surface area (Å²) in [4.78, 5) is 0. The van der Waals surface area contributed by atoms with E-state index < -0.39 is 8.07 Å². The molecule has 0 saturated carbocycles. The Kier molecular flexibility index (Phi) is 9.23. The first-order valence-corrected chi connectivity index (χ1v) is 26.2. The van der Waals surface area contributed by atoms with Crippen LogP contribution in [-0.2, 0) is 0 Å². The van der Waals surface area contributed by atoms with Gasteiger partial charge in [-0.3, -0.25) is 0 Å². The summed E-state index contributed by atoms with van der Waals surface area (Å²) in [5, 5.41) is 10.4. The molecule has 70 heavy (non-hydrogen) atoms. The molecule has 328 valence electrons. The van der Waals surface area contributed by atoms with Crippen LogP contribution >= 0.6 is 0 Å². The van der Waals surface area contributed by atoms with E-state index >= 15 is 0 Å². The van der Waals surface area contributed by atoms with E-state index in [1.54, 1.807) is 0 Å². The molecule has 0 saturated heterocycles. The van der Waals surface area contributed by atoms with Gasteiger partial charge in [-0.25, -0.2) is 0 Å². The molecular weight excluding hydrogens is 863 g/mol. The highest BCUT2D eigenvalue weighted by Crippen LogP contribution is 2.43. The zero-order chi connectivity index (χ0) is 46.2. The molecule has 0 bridgehead atoms. The normalized spacial score (nSPS) is 12.0. The second kappa shape index (κ2) is 16.1. The van der Waals surface area contributed by atoms with Gasteiger partial charge in [0.1, 0.15) is 0 Å². The molecule has 14 aromatic rings. The minimum Gasteiger partial charge on any atom is -0.309 e. The number of para-hydroxylation sites is 2. The molecule has 0 aliphatic carbocycles. The monoisotopic (exact) mass is 907 g/mol. The molecular formula is C66H45N3Si. The van der Waals surface area contributed by atoms with Gasteiger partial charge in [0.15, 0.2) is 8.07 Å². The van der Waals surface area contributed by atoms with Gasteiger partial charge in [-0.05, 0) is 116 Å². The van der Waals surface area contributed by atoms with Crippen LogP contribution in [0.15, 0.2) is 273 Å². The van der Waals surface area contributed by atoms with Crippen molar-refractivity contribution >= 4 is 83.5 Å². The van der Waals surface area contributed by atoms with Crippen molar-refractivity contribution in [1.29, 1.82) is 0 Å². The van der Waals surface area contributed by atoms with Gasteiger partial charge in [-0.1, -0.05) is 200 Å². The van der Waals surface area contributed by atoms with Gasteiger partial charge in [0.25, 0.3) is 0 Å². The Morgan fingerprint density at radius 3 is 1.19 bits per heavy atom. The maximum Gasteiger partial charge on any atom is 0.179 e. The lowest BCUT2D eigenvalue weighted by molar-refractivity contribution is 1.15. The summed E-state index contributed by atoms with van der Waals surface area (Å²) in [7, 11) is -3.07. The van der Waals surface area contributed by atoms with Crippen molar-refractivity contribution < 1.29 is 0 Å². The van der Waals surface area contributed by atoms with Crippen molar-refractivity contribution in [1.82, 2.24) is 13.7 Å².